The van der Waals surface area contributed by atoms with Crippen molar-refractivity contribution in [1.29, 1.82) is 0 Å². The van der Waals surface area contributed by atoms with Crippen LogP contribution in [0.1, 0.15) is 52.6 Å². The number of anilines is 1. The number of unbranched alkanes of at least 4 members (excludes halogenated alkanes) is 1. The lowest BCUT2D eigenvalue weighted by atomic mass is 10.0. The molecule has 1 aliphatic heterocycles. The van der Waals surface area contributed by atoms with E-state index in [1.165, 1.54) is 12.1 Å². The van der Waals surface area contributed by atoms with Gasteiger partial charge in [-0.3, -0.25) is 9.59 Å². The van der Waals surface area contributed by atoms with E-state index in [0.717, 1.165) is 24.1 Å². The van der Waals surface area contributed by atoms with Crippen molar-refractivity contribution in [3.05, 3.63) is 52.1 Å². The molecule has 3 N–H and O–H groups in total. The van der Waals surface area contributed by atoms with Crippen LogP contribution >= 0.6 is 0 Å². The highest BCUT2D eigenvalue weighted by Crippen LogP contribution is 2.34. The van der Waals surface area contributed by atoms with Crippen molar-refractivity contribution in [3.63, 3.8) is 0 Å². The predicted molar refractivity (Wildman–Crippen MR) is 100 cm³/mol. The number of aromatic nitrogens is 1. The van der Waals surface area contributed by atoms with Gasteiger partial charge in [-0.1, -0.05) is 13.3 Å². The second kappa shape index (κ2) is 7.15. The van der Waals surface area contributed by atoms with E-state index in [4.69, 9.17) is 0 Å². The van der Waals surface area contributed by atoms with Crippen LogP contribution < -0.4 is 10.6 Å². The minimum atomic E-state index is -0.401. The first kappa shape index (κ1) is 17.9. The molecule has 0 radical (unpaired) electrons. The first-order chi connectivity index (χ1) is 12.4. The fourth-order valence-electron chi connectivity index (χ4n) is 3.17. The van der Waals surface area contributed by atoms with Crippen molar-refractivity contribution in [2.75, 3.05) is 11.9 Å². The molecule has 136 valence electrons. The Kier molecular flexibility index (Phi) is 4.93. The van der Waals surface area contributed by atoms with Crippen LogP contribution in [-0.2, 0) is 4.79 Å². The molecule has 1 aliphatic rings. The maximum absolute atomic E-state index is 13.6. The molecule has 0 fully saturated rings. The summed E-state index contributed by atoms with van der Waals surface area (Å²) in [7, 11) is 0. The Morgan fingerprint density at radius 2 is 2.08 bits per heavy atom. The van der Waals surface area contributed by atoms with Gasteiger partial charge in [-0.15, -0.1) is 0 Å². The van der Waals surface area contributed by atoms with Crippen LogP contribution in [0.15, 0.2) is 18.2 Å². The number of aromatic amines is 1. The number of rotatable bonds is 5. The molecule has 0 saturated heterocycles. The van der Waals surface area contributed by atoms with Crippen molar-refractivity contribution in [3.8, 4) is 0 Å². The molecule has 0 bridgehead atoms. The lowest BCUT2D eigenvalue weighted by Gasteiger charge is -2.05. The smallest absolute Gasteiger partial charge is 0.256 e. The predicted octanol–water partition coefficient (Wildman–Crippen LogP) is 3.79. The molecular weight excluding hydrogens is 333 g/mol. The van der Waals surface area contributed by atoms with Crippen LogP contribution in [0.5, 0.6) is 0 Å². The standard InChI is InChI=1S/C20H22FN3O2/c1-4-5-8-22-20(26)18-11(2)17(23-12(18)3)10-15-14-9-13(21)6-7-16(14)24-19(15)25/h6-7,9-10,23H,4-5,8H2,1-3H3,(H,22,26)(H,24,25)/b15-10-. The van der Waals surface area contributed by atoms with Crippen molar-refractivity contribution in [2.24, 2.45) is 0 Å². The van der Waals surface area contributed by atoms with Gasteiger partial charge in [-0.05, 0) is 50.1 Å². The van der Waals surface area contributed by atoms with Gasteiger partial charge in [0.15, 0.2) is 0 Å². The summed E-state index contributed by atoms with van der Waals surface area (Å²) in [5, 5.41) is 5.64. The molecule has 2 amide bonds. The van der Waals surface area contributed by atoms with E-state index >= 15 is 0 Å². The summed E-state index contributed by atoms with van der Waals surface area (Å²) < 4.78 is 13.6. The van der Waals surface area contributed by atoms with Gasteiger partial charge in [0.2, 0.25) is 0 Å². The van der Waals surface area contributed by atoms with Gasteiger partial charge in [-0.25, -0.2) is 4.39 Å². The lowest BCUT2D eigenvalue weighted by Crippen LogP contribution is -2.25. The van der Waals surface area contributed by atoms with E-state index in [1.54, 1.807) is 12.1 Å². The van der Waals surface area contributed by atoms with Crippen LogP contribution in [0.3, 0.4) is 0 Å². The molecule has 1 aromatic carbocycles. The summed E-state index contributed by atoms with van der Waals surface area (Å²) in [6, 6.07) is 4.19. The van der Waals surface area contributed by atoms with Crippen molar-refractivity contribution in [2.45, 2.75) is 33.6 Å². The maximum Gasteiger partial charge on any atom is 0.256 e. The summed E-state index contributed by atoms with van der Waals surface area (Å²) in [4.78, 5) is 27.9. The fourth-order valence-corrected chi connectivity index (χ4v) is 3.17. The van der Waals surface area contributed by atoms with Gasteiger partial charge in [0.25, 0.3) is 11.8 Å². The van der Waals surface area contributed by atoms with Gasteiger partial charge in [0.05, 0.1) is 11.1 Å². The molecule has 2 aromatic rings. The Bertz CT molecular complexity index is 912. The number of halogens is 1. The average Bonchev–Trinajstić information content (AvgIpc) is 3.04. The van der Waals surface area contributed by atoms with Crippen LogP contribution in [-0.4, -0.2) is 23.3 Å². The van der Waals surface area contributed by atoms with E-state index in [-0.39, 0.29) is 11.8 Å². The third-order valence-corrected chi connectivity index (χ3v) is 4.57. The molecule has 0 spiro atoms. The summed E-state index contributed by atoms with van der Waals surface area (Å²) in [6.45, 7) is 6.36. The van der Waals surface area contributed by atoms with E-state index in [0.29, 0.717) is 34.6 Å². The SMILES string of the molecule is CCCCNC(=O)c1c(C)[nH]c(/C=C2\C(=O)Nc3ccc(F)cc32)c1C. The first-order valence-corrected chi connectivity index (χ1v) is 8.72. The van der Waals surface area contributed by atoms with Crippen molar-refractivity contribution >= 4 is 29.2 Å². The Hall–Kier alpha value is -2.89. The van der Waals surface area contributed by atoms with Gasteiger partial charge >= 0.3 is 0 Å². The molecule has 0 atom stereocenters. The van der Waals surface area contributed by atoms with E-state index in [9.17, 15) is 14.0 Å². The highest BCUT2D eigenvalue weighted by atomic mass is 19.1. The number of nitrogens with one attached hydrogen (secondary N) is 3. The number of amides is 2. The molecule has 26 heavy (non-hydrogen) atoms. The number of carbonyl (C=O) groups is 2. The number of H-pyrrole nitrogens is 1. The Morgan fingerprint density at radius 1 is 1.31 bits per heavy atom. The normalized spacial score (nSPS) is 14.5. The van der Waals surface area contributed by atoms with Crippen LogP contribution in [0.2, 0.25) is 0 Å². The Morgan fingerprint density at radius 3 is 2.81 bits per heavy atom. The number of benzene rings is 1. The molecule has 0 unspecified atom stereocenters. The minimum absolute atomic E-state index is 0.128. The monoisotopic (exact) mass is 355 g/mol. The third kappa shape index (κ3) is 3.27. The molecular formula is C20H22FN3O2. The highest BCUT2D eigenvalue weighted by molar-refractivity contribution is 6.34. The van der Waals surface area contributed by atoms with Crippen molar-refractivity contribution < 1.29 is 14.0 Å². The molecule has 5 nitrogen and oxygen atoms in total. The topological polar surface area (TPSA) is 74.0 Å². The second-order valence-corrected chi connectivity index (χ2v) is 6.48. The van der Waals surface area contributed by atoms with E-state index in [2.05, 4.69) is 22.5 Å². The number of fused-ring (bicyclic) bond motifs is 1. The number of carbonyl (C=O) groups excluding carboxylic acids is 2. The zero-order valence-corrected chi connectivity index (χ0v) is 15.1. The number of hydrogen-bond acceptors (Lipinski definition) is 2. The zero-order valence-electron chi connectivity index (χ0n) is 15.1. The van der Waals surface area contributed by atoms with Crippen LogP contribution in [0, 0.1) is 19.7 Å². The highest BCUT2D eigenvalue weighted by Gasteiger charge is 2.26. The van der Waals surface area contributed by atoms with E-state index < -0.39 is 5.82 Å². The van der Waals surface area contributed by atoms with E-state index in [1.807, 2.05) is 13.8 Å². The number of aryl methyl sites for hydroxylation is 1. The molecule has 6 heteroatoms. The molecule has 0 aliphatic carbocycles. The number of hydrogen-bond donors (Lipinski definition) is 3. The quantitative estimate of drug-likeness (QED) is 0.564. The second-order valence-electron chi connectivity index (χ2n) is 6.48. The average molecular weight is 355 g/mol. The van der Waals surface area contributed by atoms with Gasteiger partial charge in [0, 0.05) is 29.2 Å². The third-order valence-electron chi connectivity index (χ3n) is 4.57. The van der Waals surface area contributed by atoms with Crippen LogP contribution in [0.4, 0.5) is 10.1 Å². The van der Waals surface area contributed by atoms with Crippen molar-refractivity contribution in [1.82, 2.24) is 10.3 Å². The summed E-state index contributed by atoms with van der Waals surface area (Å²) in [5.41, 5.74) is 4.25. The maximum atomic E-state index is 13.6. The first-order valence-electron chi connectivity index (χ1n) is 8.72. The molecule has 3 rings (SSSR count). The lowest BCUT2D eigenvalue weighted by molar-refractivity contribution is -0.110. The zero-order chi connectivity index (χ0) is 18.8. The molecule has 0 saturated carbocycles. The van der Waals surface area contributed by atoms with Gasteiger partial charge < -0.3 is 15.6 Å². The van der Waals surface area contributed by atoms with Crippen LogP contribution in [0.25, 0.3) is 11.6 Å². The minimum Gasteiger partial charge on any atom is -0.358 e. The fraction of sp³-hybridized carbons (Fsp3) is 0.300. The largest absolute Gasteiger partial charge is 0.358 e. The summed E-state index contributed by atoms with van der Waals surface area (Å²) >= 11 is 0. The summed E-state index contributed by atoms with van der Waals surface area (Å²) in [5.74, 6) is -0.815. The van der Waals surface area contributed by atoms with Gasteiger partial charge in [-0.2, -0.15) is 0 Å². The Balaban J connectivity index is 1.96. The molecule has 2 heterocycles. The Labute approximate surface area is 151 Å². The van der Waals surface area contributed by atoms with Gasteiger partial charge in [0.1, 0.15) is 5.82 Å². The summed E-state index contributed by atoms with van der Waals surface area (Å²) in [6.07, 6.45) is 3.60. The molecule has 1 aromatic heterocycles.